The van der Waals surface area contributed by atoms with Gasteiger partial charge in [0.2, 0.25) is 0 Å². The van der Waals surface area contributed by atoms with Gasteiger partial charge >= 0.3 is 5.97 Å². The van der Waals surface area contributed by atoms with E-state index in [0.29, 0.717) is 17.3 Å². The molecule has 33 heavy (non-hydrogen) atoms. The first-order valence-electron chi connectivity index (χ1n) is 10.3. The van der Waals surface area contributed by atoms with Crippen LogP contribution in [0, 0.1) is 5.82 Å². The van der Waals surface area contributed by atoms with Crippen molar-refractivity contribution in [2.24, 2.45) is 4.99 Å². The second kappa shape index (κ2) is 7.03. The van der Waals surface area contributed by atoms with Gasteiger partial charge < -0.3 is 19.1 Å². The zero-order valence-electron chi connectivity index (χ0n) is 17.1. The van der Waals surface area contributed by atoms with E-state index in [-0.39, 0.29) is 34.3 Å². The Balaban J connectivity index is 1.71. The van der Waals surface area contributed by atoms with Crippen molar-refractivity contribution in [2.75, 3.05) is 0 Å². The van der Waals surface area contributed by atoms with E-state index in [1.807, 2.05) is 24.4 Å². The fraction of sp³-hybridized carbons (Fsp3) is 0.0800. The smallest absolute Gasteiger partial charge is 0.353 e. The van der Waals surface area contributed by atoms with Crippen LogP contribution < -0.4 is 5.56 Å². The molecule has 0 unspecified atom stereocenters. The number of H-pyrrole nitrogens is 1. The summed E-state index contributed by atoms with van der Waals surface area (Å²) in [7, 11) is 0. The molecule has 162 valence electrons. The van der Waals surface area contributed by atoms with Gasteiger partial charge in [-0.3, -0.25) is 9.79 Å². The number of benzene rings is 2. The molecule has 3 aromatic heterocycles. The number of pyridine rings is 1. The average molecular weight is 441 g/mol. The lowest BCUT2D eigenvalue weighted by molar-refractivity contribution is 0.0687. The molecule has 0 radical (unpaired) electrons. The molecule has 0 saturated carbocycles. The van der Waals surface area contributed by atoms with Gasteiger partial charge in [0.05, 0.1) is 33.8 Å². The molecular weight excluding hydrogens is 425 g/mol. The molecule has 2 N–H and O–H groups in total. The van der Waals surface area contributed by atoms with E-state index in [9.17, 15) is 19.1 Å². The predicted octanol–water partition coefficient (Wildman–Crippen LogP) is 4.89. The Morgan fingerprint density at radius 2 is 2.12 bits per heavy atom. The first kappa shape index (κ1) is 19.2. The Kier molecular flexibility index (Phi) is 4.10. The Hall–Kier alpha value is -4.46. The number of nitrogens with one attached hydrogen (secondary N) is 1. The van der Waals surface area contributed by atoms with Crippen molar-refractivity contribution < 1.29 is 18.7 Å². The molecule has 7 nitrogen and oxygen atoms in total. The third kappa shape index (κ3) is 2.84. The van der Waals surface area contributed by atoms with Gasteiger partial charge in [-0.2, -0.15) is 0 Å². The van der Waals surface area contributed by atoms with Crippen LogP contribution in [-0.2, 0) is 13.0 Å². The van der Waals surface area contributed by atoms with Crippen molar-refractivity contribution in [3.63, 3.8) is 0 Å². The lowest BCUT2D eigenvalue weighted by atomic mass is 10.0. The zero-order valence-corrected chi connectivity index (χ0v) is 17.1. The Bertz CT molecular complexity index is 1690. The van der Waals surface area contributed by atoms with Gasteiger partial charge in [-0.05, 0) is 41.5 Å². The fourth-order valence-corrected chi connectivity index (χ4v) is 4.62. The summed E-state index contributed by atoms with van der Waals surface area (Å²) >= 11 is 0. The highest BCUT2D eigenvalue weighted by Gasteiger charge is 2.28. The van der Waals surface area contributed by atoms with E-state index in [2.05, 4.69) is 9.98 Å². The maximum Gasteiger partial charge on any atom is 0.353 e. The number of hydrogen-bond acceptors (Lipinski definition) is 4. The summed E-state index contributed by atoms with van der Waals surface area (Å²) in [5.74, 6) is -1.76. The summed E-state index contributed by atoms with van der Waals surface area (Å²) in [6.07, 6.45) is 5.35. The van der Waals surface area contributed by atoms with Crippen molar-refractivity contribution in [2.45, 2.75) is 13.0 Å². The molecule has 6 rings (SSSR count). The van der Waals surface area contributed by atoms with Crippen molar-refractivity contribution in [1.82, 2.24) is 9.55 Å². The van der Waals surface area contributed by atoms with Crippen LogP contribution in [0.1, 0.15) is 21.6 Å². The lowest BCUT2D eigenvalue weighted by Gasteiger charge is -2.11. The van der Waals surface area contributed by atoms with Gasteiger partial charge in [0, 0.05) is 30.9 Å². The minimum absolute atomic E-state index is 0.109. The molecule has 0 fully saturated rings. The number of aromatic amines is 1. The SMILES string of the molecule is O=C(O)c1c(-c2ccc[nH]c2=O)c2c3occc3c(F)cc2n1Cc1ccc2c(c1)CC=N2. The number of halogens is 1. The van der Waals surface area contributed by atoms with E-state index in [0.717, 1.165) is 16.8 Å². The van der Waals surface area contributed by atoms with Crippen LogP contribution >= 0.6 is 0 Å². The molecule has 8 heteroatoms. The average Bonchev–Trinajstić information content (AvgIpc) is 3.52. The third-order valence-corrected chi connectivity index (χ3v) is 6.03. The van der Waals surface area contributed by atoms with Gasteiger partial charge in [-0.1, -0.05) is 12.1 Å². The molecule has 0 saturated heterocycles. The largest absolute Gasteiger partial charge is 0.477 e. The van der Waals surface area contributed by atoms with E-state index in [4.69, 9.17) is 4.42 Å². The second-order valence-electron chi connectivity index (χ2n) is 7.92. The summed E-state index contributed by atoms with van der Waals surface area (Å²) in [5, 5.41) is 10.9. The van der Waals surface area contributed by atoms with Crippen molar-refractivity contribution in [1.29, 1.82) is 0 Å². The van der Waals surface area contributed by atoms with Crippen molar-refractivity contribution in [3.05, 3.63) is 87.9 Å². The molecule has 4 heterocycles. The van der Waals surface area contributed by atoms with E-state index in [1.54, 1.807) is 12.1 Å². The first-order chi connectivity index (χ1) is 16.0. The topological polar surface area (TPSA) is 101 Å². The summed E-state index contributed by atoms with van der Waals surface area (Å²) in [6.45, 7) is 0.168. The van der Waals surface area contributed by atoms with Crippen LogP contribution in [0.5, 0.6) is 0 Å². The molecule has 5 aromatic rings. The minimum atomic E-state index is -1.23. The number of carbonyl (C=O) groups is 1. The summed E-state index contributed by atoms with van der Waals surface area (Å²) in [6, 6.07) is 11.7. The maximum absolute atomic E-state index is 15.0. The number of fused-ring (bicyclic) bond motifs is 4. The number of carboxylic acid groups (broad SMARTS) is 1. The van der Waals surface area contributed by atoms with Gasteiger partial charge in [0.1, 0.15) is 17.1 Å². The molecule has 2 aromatic carbocycles. The molecule has 0 bridgehead atoms. The molecule has 0 amide bonds. The maximum atomic E-state index is 15.0. The predicted molar refractivity (Wildman–Crippen MR) is 122 cm³/mol. The molecule has 1 aliphatic heterocycles. The molecular formula is C25H16FN3O4. The van der Waals surface area contributed by atoms with Gasteiger partial charge in [-0.15, -0.1) is 0 Å². The highest BCUT2D eigenvalue weighted by molar-refractivity contribution is 6.17. The fourth-order valence-electron chi connectivity index (χ4n) is 4.62. The molecule has 0 spiro atoms. The highest BCUT2D eigenvalue weighted by atomic mass is 19.1. The number of aliphatic imine (C=N–C) groups is 1. The number of hydrogen-bond donors (Lipinski definition) is 2. The second-order valence-corrected chi connectivity index (χ2v) is 7.92. The third-order valence-electron chi connectivity index (χ3n) is 6.03. The van der Waals surface area contributed by atoms with E-state index in [1.165, 1.54) is 29.2 Å². The normalized spacial score (nSPS) is 12.6. The minimum Gasteiger partial charge on any atom is -0.477 e. The van der Waals surface area contributed by atoms with Crippen LogP contribution in [0.4, 0.5) is 10.1 Å². The number of carboxylic acids is 1. The summed E-state index contributed by atoms with van der Waals surface area (Å²) < 4.78 is 22.1. The van der Waals surface area contributed by atoms with Gasteiger partial charge in [0.25, 0.3) is 5.56 Å². The van der Waals surface area contributed by atoms with E-state index >= 15 is 0 Å². The van der Waals surface area contributed by atoms with Crippen LogP contribution in [0.15, 0.2) is 69.1 Å². The number of furan rings is 1. The number of nitrogens with zero attached hydrogens (tertiary/aromatic N) is 2. The lowest BCUT2D eigenvalue weighted by Crippen LogP contribution is -2.13. The number of aromatic nitrogens is 2. The Morgan fingerprint density at radius 3 is 2.94 bits per heavy atom. The van der Waals surface area contributed by atoms with Crippen LogP contribution in [0.2, 0.25) is 0 Å². The highest BCUT2D eigenvalue weighted by Crippen LogP contribution is 2.40. The monoisotopic (exact) mass is 441 g/mol. The standard InChI is InChI=1S/C25H16FN3O4/c26-17-11-19-21(23-15(17)6-9-33-23)20(16-2-1-7-28-24(16)30)22(25(31)32)29(19)12-13-3-4-18-14(10-13)5-8-27-18/h1-4,6-11H,5,12H2,(H,28,30)(H,31,32). The quantitative estimate of drug-likeness (QED) is 0.415. The number of aromatic carboxylic acids is 1. The molecule has 0 aliphatic carbocycles. The van der Waals surface area contributed by atoms with Crippen LogP contribution in [0.25, 0.3) is 33.0 Å². The molecule has 1 aliphatic rings. The molecule has 0 atom stereocenters. The first-order valence-corrected chi connectivity index (χ1v) is 10.3. The number of rotatable bonds is 4. The van der Waals surface area contributed by atoms with Crippen LogP contribution in [-0.4, -0.2) is 26.8 Å². The van der Waals surface area contributed by atoms with E-state index < -0.39 is 17.3 Å². The van der Waals surface area contributed by atoms with Crippen molar-refractivity contribution in [3.8, 4) is 11.1 Å². The van der Waals surface area contributed by atoms with Gasteiger partial charge in [-0.25, -0.2) is 9.18 Å². The van der Waals surface area contributed by atoms with Crippen LogP contribution in [0.3, 0.4) is 0 Å². The Labute approximate surface area is 185 Å². The van der Waals surface area contributed by atoms with Crippen molar-refractivity contribution >= 4 is 39.7 Å². The zero-order chi connectivity index (χ0) is 22.7. The van der Waals surface area contributed by atoms with Gasteiger partial charge in [0.15, 0.2) is 0 Å². The Morgan fingerprint density at radius 1 is 1.24 bits per heavy atom. The summed E-state index contributed by atoms with van der Waals surface area (Å²) in [5.41, 5.74) is 3.12. The summed E-state index contributed by atoms with van der Waals surface area (Å²) in [4.78, 5) is 32.2.